The molecule has 20 heavy (non-hydrogen) atoms. The monoisotopic (exact) mass is 290 g/mol. The van der Waals surface area contributed by atoms with E-state index in [0.29, 0.717) is 17.1 Å². The van der Waals surface area contributed by atoms with E-state index in [1.54, 1.807) is 19.1 Å². The van der Waals surface area contributed by atoms with Crippen LogP contribution in [0.4, 0.5) is 5.69 Å². The van der Waals surface area contributed by atoms with Gasteiger partial charge in [-0.25, -0.2) is 9.97 Å². The standard InChI is InChI=1S/C13H11ClN4O2/c1-7-16-6-10(14)11(17-7)13(20)18-9-4-2-8(3-5-9)12(15)19/h2-6H,1H3,(H2,15,19)(H,18,20). The smallest absolute Gasteiger partial charge is 0.275 e. The van der Waals surface area contributed by atoms with E-state index >= 15 is 0 Å². The Morgan fingerprint density at radius 3 is 2.50 bits per heavy atom. The van der Waals surface area contributed by atoms with Crippen molar-refractivity contribution in [1.82, 2.24) is 9.97 Å². The molecule has 0 spiro atoms. The molecular formula is C13H11ClN4O2. The van der Waals surface area contributed by atoms with Crippen molar-refractivity contribution in [1.29, 1.82) is 0 Å². The Balaban J connectivity index is 2.19. The molecule has 0 aliphatic rings. The number of rotatable bonds is 3. The second-order valence-corrected chi connectivity index (χ2v) is 4.42. The number of anilines is 1. The van der Waals surface area contributed by atoms with Crippen molar-refractivity contribution < 1.29 is 9.59 Å². The zero-order valence-electron chi connectivity index (χ0n) is 10.6. The van der Waals surface area contributed by atoms with Gasteiger partial charge in [0.1, 0.15) is 5.82 Å². The van der Waals surface area contributed by atoms with Crippen molar-refractivity contribution in [3.63, 3.8) is 0 Å². The molecule has 0 bridgehead atoms. The minimum atomic E-state index is -0.530. The largest absolute Gasteiger partial charge is 0.366 e. The summed E-state index contributed by atoms with van der Waals surface area (Å²) in [5.41, 5.74) is 6.09. The number of nitrogens with zero attached hydrogens (tertiary/aromatic N) is 2. The maximum atomic E-state index is 12.0. The Morgan fingerprint density at radius 2 is 1.90 bits per heavy atom. The summed E-state index contributed by atoms with van der Waals surface area (Å²) in [5, 5.41) is 2.80. The van der Waals surface area contributed by atoms with Gasteiger partial charge in [-0.1, -0.05) is 11.6 Å². The quantitative estimate of drug-likeness (QED) is 0.900. The van der Waals surface area contributed by atoms with E-state index < -0.39 is 11.8 Å². The third-order valence-electron chi connectivity index (χ3n) is 2.51. The predicted octanol–water partition coefficient (Wildman–Crippen LogP) is 1.79. The number of hydrogen-bond acceptors (Lipinski definition) is 4. The molecule has 0 saturated carbocycles. The topological polar surface area (TPSA) is 98.0 Å². The van der Waals surface area contributed by atoms with Gasteiger partial charge in [0.2, 0.25) is 5.91 Å². The highest BCUT2D eigenvalue weighted by molar-refractivity contribution is 6.33. The molecule has 0 aliphatic heterocycles. The van der Waals surface area contributed by atoms with E-state index in [1.165, 1.54) is 18.3 Å². The Labute approximate surface area is 120 Å². The molecule has 2 aromatic rings. The van der Waals surface area contributed by atoms with Crippen LogP contribution in [0.3, 0.4) is 0 Å². The summed E-state index contributed by atoms with van der Waals surface area (Å²) in [6.45, 7) is 1.66. The number of benzene rings is 1. The van der Waals surface area contributed by atoms with Gasteiger partial charge >= 0.3 is 0 Å². The molecule has 0 unspecified atom stereocenters. The van der Waals surface area contributed by atoms with E-state index in [-0.39, 0.29) is 10.7 Å². The Morgan fingerprint density at radius 1 is 1.25 bits per heavy atom. The highest BCUT2D eigenvalue weighted by Crippen LogP contribution is 2.15. The fourth-order valence-electron chi connectivity index (χ4n) is 1.52. The molecule has 102 valence electrons. The zero-order valence-corrected chi connectivity index (χ0v) is 11.3. The van der Waals surface area contributed by atoms with E-state index in [1.807, 2.05) is 0 Å². The van der Waals surface area contributed by atoms with Gasteiger partial charge in [0.05, 0.1) is 11.2 Å². The first kappa shape index (κ1) is 14.0. The highest BCUT2D eigenvalue weighted by atomic mass is 35.5. The van der Waals surface area contributed by atoms with E-state index in [9.17, 15) is 9.59 Å². The summed E-state index contributed by atoms with van der Waals surface area (Å²) in [4.78, 5) is 30.8. The number of hydrogen-bond donors (Lipinski definition) is 2. The second-order valence-electron chi connectivity index (χ2n) is 4.01. The maximum Gasteiger partial charge on any atom is 0.275 e. The molecule has 0 atom stereocenters. The van der Waals surface area contributed by atoms with Crippen molar-refractivity contribution in [3.8, 4) is 0 Å². The van der Waals surface area contributed by atoms with Gasteiger partial charge in [0.25, 0.3) is 5.91 Å². The first-order chi connectivity index (χ1) is 9.47. The van der Waals surface area contributed by atoms with Crippen molar-refractivity contribution in [2.24, 2.45) is 5.73 Å². The molecule has 2 amide bonds. The summed E-state index contributed by atoms with van der Waals surface area (Å²) in [6, 6.07) is 6.18. The van der Waals surface area contributed by atoms with Crippen LogP contribution in [-0.2, 0) is 0 Å². The normalized spacial score (nSPS) is 10.1. The number of aromatic nitrogens is 2. The predicted molar refractivity (Wildman–Crippen MR) is 74.7 cm³/mol. The van der Waals surface area contributed by atoms with Gasteiger partial charge in [-0.3, -0.25) is 9.59 Å². The summed E-state index contributed by atoms with van der Waals surface area (Å²) in [5.74, 6) is -0.534. The molecule has 7 heteroatoms. The summed E-state index contributed by atoms with van der Waals surface area (Å²) in [7, 11) is 0. The van der Waals surface area contributed by atoms with Crippen LogP contribution in [0.15, 0.2) is 30.5 Å². The molecule has 2 rings (SSSR count). The highest BCUT2D eigenvalue weighted by Gasteiger charge is 2.13. The number of nitrogens with two attached hydrogens (primary N) is 1. The lowest BCUT2D eigenvalue weighted by molar-refractivity contribution is 0.0998. The third kappa shape index (κ3) is 3.10. The number of nitrogens with one attached hydrogen (secondary N) is 1. The van der Waals surface area contributed by atoms with Crippen LogP contribution in [-0.4, -0.2) is 21.8 Å². The Bertz CT molecular complexity index is 671. The zero-order chi connectivity index (χ0) is 14.7. The van der Waals surface area contributed by atoms with Gasteiger partial charge in [-0.2, -0.15) is 0 Å². The molecule has 0 radical (unpaired) electrons. The first-order valence-electron chi connectivity index (χ1n) is 5.67. The van der Waals surface area contributed by atoms with Crippen LogP contribution in [0.2, 0.25) is 5.02 Å². The average molecular weight is 291 g/mol. The van der Waals surface area contributed by atoms with E-state index in [4.69, 9.17) is 17.3 Å². The van der Waals surface area contributed by atoms with Crippen LogP contribution in [0, 0.1) is 6.92 Å². The third-order valence-corrected chi connectivity index (χ3v) is 2.78. The number of aryl methyl sites for hydroxylation is 1. The summed E-state index contributed by atoms with van der Waals surface area (Å²) < 4.78 is 0. The number of halogens is 1. The lowest BCUT2D eigenvalue weighted by atomic mass is 10.2. The lowest BCUT2D eigenvalue weighted by Gasteiger charge is -2.06. The summed E-state index contributed by atoms with van der Waals surface area (Å²) in [6.07, 6.45) is 1.37. The van der Waals surface area contributed by atoms with Crippen molar-refractivity contribution in [2.45, 2.75) is 6.92 Å². The van der Waals surface area contributed by atoms with E-state index in [2.05, 4.69) is 15.3 Å². The van der Waals surface area contributed by atoms with Crippen molar-refractivity contribution in [2.75, 3.05) is 5.32 Å². The summed E-state index contributed by atoms with van der Waals surface area (Å²) >= 11 is 5.88. The minimum absolute atomic E-state index is 0.0955. The number of carbonyl (C=O) groups is 2. The fourth-order valence-corrected chi connectivity index (χ4v) is 1.70. The number of primary amides is 1. The molecule has 0 saturated heterocycles. The SMILES string of the molecule is Cc1ncc(Cl)c(C(=O)Nc2ccc(C(N)=O)cc2)n1. The van der Waals surface area contributed by atoms with Gasteiger partial charge in [-0.15, -0.1) is 0 Å². The minimum Gasteiger partial charge on any atom is -0.366 e. The van der Waals surface area contributed by atoms with Crippen molar-refractivity contribution in [3.05, 3.63) is 52.6 Å². The fraction of sp³-hybridized carbons (Fsp3) is 0.0769. The first-order valence-corrected chi connectivity index (χ1v) is 6.05. The van der Waals surface area contributed by atoms with Crippen LogP contribution >= 0.6 is 11.6 Å². The van der Waals surface area contributed by atoms with Crippen LogP contribution in [0.1, 0.15) is 26.7 Å². The molecule has 6 nitrogen and oxygen atoms in total. The van der Waals surface area contributed by atoms with Crippen LogP contribution < -0.4 is 11.1 Å². The van der Waals surface area contributed by atoms with Crippen LogP contribution in [0.5, 0.6) is 0 Å². The Hall–Kier alpha value is -2.47. The molecule has 1 heterocycles. The molecule has 0 fully saturated rings. The Kier molecular flexibility index (Phi) is 3.95. The van der Waals surface area contributed by atoms with Gasteiger partial charge in [-0.05, 0) is 31.2 Å². The lowest BCUT2D eigenvalue weighted by Crippen LogP contribution is -2.16. The van der Waals surface area contributed by atoms with Crippen LogP contribution in [0.25, 0.3) is 0 Å². The average Bonchev–Trinajstić information content (AvgIpc) is 2.42. The molecule has 1 aromatic carbocycles. The maximum absolute atomic E-state index is 12.0. The van der Waals surface area contributed by atoms with Gasteiger partial charge < -0.3 is 11.1 Å². The number of carbonyl (C=O) groups excluding carboxylic acids is 2. The molecular weight excluding hydrogens is 280 g/mol. The second kappa shape index (κ2) is 5.66. The molecule has 0 aliphatic carbocycles. The van der Waals surface area contributed by atoms with E-state index in [0.717, 1.165) is 0 Å². The van der Waals surface area contributed by atoms with Gasteiger partial charge in [0, 0.05) is 11.3 Å². The number of amides is 2. The van der Waals surface area contributed by atoms with Crippen molar-refractivity contribution >= 4 is 29.1 Å². The molecule has 1 aromatic heterocycles. The van der Waals surface area contributed by atoms with Gasteiger partial charge in [0.15, 0.2) is 5.69 Å². The molecule has 3 N–H and O–H groups in total.